The first-order valence-electron chi connectivity index (χ1n) is 21.6. The first kappa shape index (κ1) is 41.6. The van der Waals surface area contributed by atoms with Crippen LogP contribution in [0.2, 0.25) is 0 Å². The van der Waals surface area contributed by atoms with Gasteiger partial charge >= 0.3 is 5.97 Å². The number of rotatable bonds is 10. The highest BCUT2D eigenvalue weighted by Crippen LogP contribution is 2.77. The number of hydrogen-bond donors (Lipinski definition) is 2. The fourth-order valence-corrected chi connectivity index (χ4v) is 15.7. The van der Waals surface area contributed by atoms with E-state index in [9.17, 15) is 23.1 Å². The molecule has 1 aliphatic heterocycles. The standard InChI is InChI=1S/C46H70N4O5S/c1-31(2)34-16-22-46(30-47-25-19-39(51)49-26-28-50(29-27-49)56(54,55)48(8)9)24-23-44(6)36(40(34)46)14-15-38-43(5)20-17-35(32-10-12-33(13-11-32)41(52)53)42(3,4)37(43)18-21-45(38,44)7/h10-13,17,34,36-38,40,47H,1,14-16,18-30H2,2-9H3,(H,52,53)/t34-,36+,37-,38+,40+,43-,44+,45+,46+/m0/s1. The number of nitrogens with one attached hydrogen (secondary N) is 1. The van der Waals surface area contributed by atoms with Gasteiger partial charge in [0, 0.05) is 59.8 Å². The Morgan fingerprint density at radius 1 is 0.893 bits per heavy atom. The predicted molar refractivity (Wildman–Crippen MR) is 224 cm³/mol. The molecule has 1 aromatic carbocycles. The lowest BCUT2D eigenvalue weighted by atomic mass is 9.32. The smallest absolute Gasteiger partial charge is 0.335 e. The van der Waals surface area contributed by atoms with Crippen molar-refractivity contribution in [2.45, 2.75) is 106 Å². The zero-order valence-electron chi connectivity index (χ0n) is 35.6. The van der Waals surface area contributed by atoms with E-state index in [4.69, 9.17) is 0 Å². The predicted octanol–water partition coefficient (Wildman–Crippen LogP) is 7.97. The van der Waals surface area contributed by atoms with Crippen LogP contribution in [0.1, 0.15) is 122 Å². The van der Waals surface area contributed by atoms with Crippen molar-refractivity contribution in [1.29, 1.82) is 0 Å². The van der Waals surface area contributed by atoms with Gasteiger partial charge in [0.2, 0.25) is 5.91 Å². The van der Waals surface area contributed by atoms with Gasteiger partial charge in [-0.1, -0.05) is 65.0 Å². The fraction of sp³-hybridized carbons (Fsp3) is 0.739. The lowest BCUT2D eigenvalue weighted by Gasteiger charge is -2.72. The van der Waals surface area contributed by atoms with Crippen LogP contribution in [0.25, 0.3) is 5.57 Å². The van der Waals surface area contributed by atoms with Gasteiger partial charge in [0.1, 0.15) is 0 Å². The van der Waals surface area contributed by atoms with Gasteiger partial charge in [-0.25, -0.2) is 4.79 Å². The number of benzene rings is 1. The Labute approximate surface area is 337 Å². The van der Waals surface area contributed by atoms with Crippen LogP contribution in [0.5, 0.6) is 0 Å². The van der Waals surface area contributed by atoms with E-state index in [1.54, 1.807) is 26.2 Å². The molecule has 310 valence electrons. The molecule has 5 aliphatic carbocycles. The third kappa shape index (κ3) is 6.46. The van der Waals surface area contributed by atoms with Gasteiger partial charge in [-0.2, -0.15) is 17.0 Å². The van der Waals surface area contributed by atoms with Crippen LogP contribution in [0, 0.1) is 56.7 Å². The minimum absolute atomic E-state index is 0.0107. The van der Waals surface area contributed by atoms with Gasteiger partial charge in [-0.15, -0.1) is 0 Å². The van der Waals surface area contributed by atoms with E-state index in [0.29, 0.717) is 74.3 Å². The Morgan fingerprint density at radius 3 is 2.20 bits per heavy atom. The van der Waals surface area contributed by atoms with Crippen molar-refractivity contribution in [2.75, 3.05) is 53.4 Å². The highest BCUT2D eigenvalue weighted by molar-refractivity contribution is 7.86. The van der Waals surface area contributed by atoms with Crippen molar-refractivity contribution in [1.82, 2.24) is 18.8 Å². The van der Waals surface area contributed by atoms with E-state index in [-0.39, 0.29) is 33.0 Å². The van der Waals surface area contributed by atoms with Gasteiger partial charge in [0.15, 0.2) is 0 Å². The average molecular weight is 791 g/mol. The molecule has 0 bridgehead atoms. The summed E-state index contributed by atoms with van der Waals surface area (Å²) >= 11 is 0. The summed E-state index contributed by atoms with van der Waals surface area (Å²) in [6.45, 7) is 22.9. The summed E-state index contributed by atoms with van der Waals surface area (Å²) in [6.07, 6.45) is 14.0. The molecule has 0 radical (unpaired) electrons. The lowest BCUT2D eigenvalue weighted by molar-refractivity contribution is -0.225. The topological polar surface area (TPSA) is 110 Å². The number of carboxylic acid groups (broad SMARTS) is 1. The molecule has 9 atom stereocenters. The minimum Gasteiger partial charge on any atom is -0.478 e. The molecule has 0 unspecified atom stereocenters. The number of allylic oxidation sites excluding steroid dienone is 3. The lowest BCUT2D eigenvalue weighted by Crippen LogP contribution is -2.65. The van der Waals surface area contributed by atoms with Crippen LogP contribution in [0.3, 0.4) is 0 Å². The van der Waals surface area contributed by atoms with Crippen molar-refractivity contribution in [2.24, 2.45) is 56.7 Å². The third-order valence-corrected chi connectivity index (χ3v) is 19.6. The van der Waals surface area contributed by atoms with Gasteiger partial charge in [0.25, 0.3) is 10.2 Å². The molecule has 9 nitrogen and oxygen atoms in total. The fourth-order valence-electron chi connectivity index (χ4n) is 14.6. The van der Waals surface area contributed by atoms with Crippen LogP contribution >= 0.6 is 0 Å². The molecule has 0 aromatic heterocycles. The number of piperazine rings is 1. The van der Waals surface area contributed by atoms with E-state index in [1.165, 1.54) is 71.1 Å². The van der Waals surface area contributed by atoms with Crippen molar-refractivity contribution in [3.8, 4) is 0 Å². The second-order valence-corrected chi connectivity index (χ2v) is 22.6. The van der Waals surface area contributed by atoms with Crippen molar-refractivity contribution >= 4 is 27.7 Å². The summed E-state index contributed by atoms with van der Waals surface area (Å²) in [6, 6.07) is 7.55. The molecule has 56 heavy (non-hydrogen) atoms. The Hall–Kier alpha value is -2.53. The summed E-state index contributed by atoms with van der Waals surface area (Å²) in [4.78, 5) is 26.7. The highest BCUT2D eigenvalue weighted by atomic mass is 32.2. The number of amides is 1. The number of hydrogen-bond acceptors (Lipinski definition) is 5. The molecule has 5 fully saturated rings. The zero-order valence-corrected chi connectivity index (χ0v) is 36.4. The monoisotopic (exact) mass is 791 g/mol. The van der Waals surface area contributed by atoms with Crippen LogP contribution in [0.4, 0.5) is 0 Å². The summed E-state index contributed by atoms with van der Waals surface area (Å²) in [5.74, 6) is 2.22. The molecular weight excluding hydrogens is 721 g/mol. The average Bonchev–Trinajstić information content (AvgIpc) is 3.53. The first-order chi connectivity index (χ1) is 26.2. The first-order valence-corrected chi connectivity index (χ1v) is 23.0. The maximum Gasteiger partial charge on any atom is 0.335 e. The molecule has 10 heteroatoms. The number of carbonyl (C=O) groups excluding carboxylic acids is 1. The Kier molecular flexibility index (Phi) is 10.9. The molecule has 1 aromatic rings. The molecule has 0 spiro atoms. The Balaban J connectivity index is 1.05. The number of nitrogens with zero attached hydrogens (tertiary/aromatic N) is 3. The molecular formula is C46H70N4O5S. The van der Waals surface area contributed by atoms with E-state index in [0.717, 1.165) is 18.5 Å². The number of carbonyl (C=O) groups is 2. The van der Waals surface area contributed by atoms with Crippen molar-refractivity contribution in [3.63, 3.8) is 0 Å². The zero-order chi connectivity index (χ0) is 40.6. The van der Waals surface area contributed by atoms with E-state index < -0.39 is 16.2 Å². The van der Waals surface area contributed by atoms with E-state index in [1.807, 2.05) is 17.0 Å². The van der Waals surface area contributed by atoms with E-state index >= 15 is 0 Å². The summed E-state index contributed by atoms with van der Waals surface area (Å²) in [5.41, 5.74) is 5.13. The number of fused-ring (bicyclic) bond motifs is 7. The van der Waals surface area contributed by atoms with Gasteiger partial charge in [-0.05, 0) is 145 Å². The molecule has 1 heterocycles. The Bertz CT molecular complexity index is 1850. The van der Waals surface area contributed by atoms with Crippen LogP contribution in [-0.2, 0) is 15.0 Å². The van der Waals surface area contributed by atoms with Crippen LogP contribution < -0.4 is 5.32 Å². The van der Waals surface area contributed by atoms with Crippen molar-refractivity contribution in [3.05, 3.63) is 53.6 Å². The molecule has 1 amide bonds. The molecule has 2 N–H and O–H groups in total. The highest BCUT2D eigenvalue weighted by Gasteiger charge is 2.70. The summed E-state index contributed by atoms with van der Waals surface area (Å²) < 4.78 is 27.8. The van der Waals surface area contributed by atoms with Gasteiger partial charge in [-0.3, -0.25) is 4.79 Å². The third-order valence-electron chi connectivity index (χ3n) is 17.6. The number of aromatic carboxylic acids is 1. The maximum atomic E-state index is 13.3. The van der Waals surface area contributed by atoms with Crippen LogP contribution in [0.15, 0.2) is 42.5 Å². The van der Waals surface area contributed by atoms with Crippen LogP contribution in [-0.4, -0.2) is 92.3 Å². The molecule has 4 saturated carbocycles. The second-order valence-electron chi connectivity index (χ2n) is 20.5. The largest absolute Gasteiger partial charge is 0.478 e. The van der Waals surface area contributed by atoms with Crippen molar-refractivity contribution < 1.29 is 23.1 Å². The van der Waals surface area contributed by atoms with Gasteiger partial charge < -0.3 is 15.3 Å². The normalized spacial score (nSPS) is 38.2. The summed E-state index contributed by atoms with van der Waals surface area (Å²) in [5, 5.41) is 13.3. The maximum absolute atomic E-state index is 13.3. The molecule has 7 rings (SSSR count). The molecule has 1 saturated heterocycles. The quantitative estimate of drug-likeness (QED) is 0.184. The van der Waals surface area contributed by atoms with Gasteiger partial charge in [0.05, 0.1) is 5.56 Å². The summed E-state index contributed by atoms with van der Waals surface area (Å²) in [7, 11) is -0.360. The minimum atomic E-state index is -3.46. The van der Waals surface area contributed by atoms with E-state index in [2.05, 4.69) is 59.5 Å². The SMILES string of the molecule is C=C(C)[C@@H]1CC[C@]2(CNCCC(=O)N3CCN(S(=O)(=O)N(C)C)CC3)CC[C@]3(C)[C@H](CC[C@@H]4[C@@]5(C)CC=C(c6ccc(C(=O)O)cc6)C(C)(C)[C@@H]5CC[C@]43C)[C@@H]12. The second kappa shape index (κ2) is 14.6. The Morgan fingerprint density at radius 2 is 1.57 bits per heavy atom. The molecule has 6 aliphatic rings. The number of carboxylic acids is 1.